The van der Waals surface area contributed by atoms with E-state index in [9.17, 15) is 0 Å². The van der Waals surface area contributed by atoms with Gasteiger partial charge in [-0.1, -0.05) is 0 Å². The summed E-state index contributed by atoms with van der Waals surface area (Å²) in [6.07, 6.45) is 6.01. The molecule has 0 amide bonds. The number of aryl methyl sites for hydroxylation is 1. The first-order chi connectivity index (χ1) is 8.25. The van der Waals surface area contributed by atoms with E-state index in [0.29, 0.717) is 6.04 Å². The molecule has 5 nitrogen and oxygen atoms in total. The minimum Gasteiger partial charge on any atom is -0.468 e. The Bertz CT molecular complexity index is 410. The first-order valence-electron chi connectivity index (χ1n) is 5.87. The lowest BCUT2D eigenvalue weighted by Gasteiger charge is -2.18. The van der Waals surface area contributed by atoms with Crippen molar-refractivity contribution in [2.75, 3.05) is 0 Å². The summed E-state index contributed by atoms with van der Waals surface area (Å²) >= 11 is 0. The first-order valence-corrected chi connectivity index (χ1v) is 5.87. The Morgan fingerprint density at radius 2 is 2.35 bits per heavy atom. The van der Waals surface area contributed by atoms with Crippen molar-refractivity contribution in [2.24, 2.45) is 0 Å². The van der Waals surface area contributed by atoms with Crippen LogP contribution in [0.3, 0.4) is 0 Å². The molecule has 0 aliphatic heterocycles. The SMILES string of the molecule is C[C@H](CCn1cncn1)N[C@H](C)c1ccco1. The number of hydrogen-bond donors (Lipinski definition) is 1. The molecule has 0 aromatic carbocycles. The molecule has 92 valence electrons. The fraction of sp³-hybridized carbons (Fsp3) is 0.500. The van der Waals surface area contributed by atoms with Gasteiger partial charge in [-0.3, -0.25) is 4.68 Å². The van der Waals surface area contributed by atoms with E-state index in [-0.39, 0.29) is 6.04 Å². The third-order valence-electron chi connectivity index (χ3n) is 2.76. The molecule has 17 heavy (non-hydrogen) atoms. The molecule has 0 unspecified atom stereocenters. The van der Waals surface area contributed by atoms with Crippen LogP contribution in [0.1, 0.15) is 32.1 Å². The zero-order valence-electron chi connectivity index (χ0n) is 10.2. The van der Waals surface area contributed by atoms with E-state index in [1.807, 2.05) is 16.8 Å². The fourth-order valence-corrected chi connectivity index (χ4v) is 1.80. The van der Waals surface area contributed by atoms with Gasteiger partial charge in [-0.25, -0.2) is 4.98 Å². The van der Waals surface area contributed by atoms with Crippen molar-refractivity contribution in [3.63, 3.8) is 0 Å². The Labute approximate surface area is 101 Å². The Morgan fingerprint density at radius 3 is 3.00 bits per heavy atom. The lowest BCUT2D eigenvalue weighted by molar-refractivity contribution is 0.374. The van der Waals surface area contributed by atoms with Crippen molar-refractivity contribution < 1.29 is 4.42 Å². The van der Waals surface area contributed by atoms with E-state index < -0.39 is 0 Å². The minimum absolute atomic E-state index is 0.232. The lowest BCUT2D eigenvalue weighted by Crippen LogP contribution is -2.29. The summed E-state index contributed by atoms with van der Waals surface area (Å²) in [5.41, 5.74) is 0. The molecule has 2 aromatic rings. The monoisotopic (exact) mass is 234 g/mol. The van der Waals surface area contributed by atoms with Gasteiger partial charge in [0.05, 0.1) is 12.3 Å². The molecule has 1 N–H and O–H groups in total. The smallest absolute Gasteiger partial charge is 0.137 e. The van der Waals surface area contributed by atoms with Gasteiger partial charge in [-0.15, -0.1) is 0 Å². The van der Waals surface area contributed by atoms with Crippen molar-refractivity contribution in [3.8, 4) is 0 Å². The predicted octanol–water partition coefficient (Wildman–Crippen LogP) is 2.00. The third-order valence-corrected chi connectivity index (χ3v) is 2.76. The summed E-state index contributed by atoms with van der Waals surface area (Å²) in [5, 5.41) is 7.57. The van der Waals surface area contributed by atoms with Crippen molar-refractivity contribution in [1.82, 2.24) is 20.1 Å². The summed E-state index contributed by atoms with van der Waals surface area (Å²) in [4.78, 5) is 3.92. The average molecular weight is 234 g/mol. The van der Waals surface area contributed by atoms with Crippen molar-refractivity contribution >= 4 is 0 Å². The van der Waals surface area contributed by atoms with Crippen molar-refractivity contribution in [2.45, 2.75) is 38.9 Å². The zero-order chi connectivity index (χ0) is 12.1. The highest BCUT2D eigenvalue weighted by Crippen LogP contribution is 2.13. The fourth-order valence-electron chi connectivity index (χ4n) is 1.80. The number of hydrogen-bond acceptors (Lipinski definition) is 4. The Hall–Kier alpha value is -1.62. The topological polar surface area (TPSA) is 55.9 Å². The summed E-state index contributed by atoms with van der Waals surface area (Å²) < 4.78 is 7.20. The van der Waals surface area contributed by atoms with Gasteiger partial charge in [0.1, 0.15) is 18.4 Å². The van der Waals surface area contributed by atoms with Gasteiger partial charge in [-0.05, 0) is 32.4 Å². The lowest BCUT2D eigenvalue weighted by atomic mass is 10.2. The largest absolute Gasteiger partial charge is 0.468 e. The highest BCUT2D eigenvalue weighted by molar-refractivity contribution is 5.03. The molecule has 2 heterocycles. The maximum absolute atomic E-state index is 5.36. The molecule has 2 rings (SSSR count). The molecule has 0 saturated carbocycles. The Morgan fingerprint density at radius 1 is 1.47 bits per heavy atom. The number of furan rings is 1. The number of nitrogens with one attached hydrogen (secondary N) is 1. The van der Waals surface area contributed by atoms with Crippen LogP contribution in [0.2, 0.25) is 0 Å². The number of nitrogens with zero attached hydrogens (tertiary/aromatic N) is 3. The van der Waals surface area contributed by atoms with Crippen LogP contribution >= 0.6 is 0 Å². The van der Waals surface area contributed by atoms with Gasteiger partial charge in [-0.2, -0.15) is 5.10 Å². The second-order valence-electron chi connectivity index (χ2n) is 4.25. The summed E-state index contributed by atoms with van der Waals surface area (Å²) in [7, 11) is 0. The van der Waals surface area contributed by atoms with Gasteiger partial charge in [0.25, 0.3) is 0 Å². The van der Waals surface area contributed by atoms with E-state index in [4.69, 9.17) is 4.42 Å². The molecule has 2 aromatic heterocycles. The minimum atomic E-state index is 0.232. The Kier molecular flexibility index (Phi) is 3.93. The molecular weight excluding hydrogens is 216 g/mol. The predicted molar refractivity (Wildman–Crippen MR) is 64.4 cm³/mol. The second kappa shape index (κ2) is 5.63. The molecule has 0 fully saturated rings. The van der Waals surface area contributed by atoms with Crippen LogP contribution in [-0.4, -0.2) is 20.8 Å². The van der Waals surface area contributed by atoms with Crippen LogP contribution in [-0.2, 0) is 6.54 Å². The molecule has 2 atom stereocenters. The van der Waals surface area contributed by atoms with E-state index >= 15 is 0 Å². The normalized spacial score (nSPS) is 14.7. The number of rotatable bonds is 6. The van der Waals surface area contributed by atoms with Crippen LogP contribution in [0.15, 0.2) is 35.5 Å². The third kappa shape index (κ3) is 3.42. The molecule has 5 heteroatoms. The van der Waals surface area contributed by atoms with Crippen molar-refractivity contribution in [1.29, 1.82) is 0 Å². The maximum atomic E-state index is 5.36. The average Bonchev–Trinajstić information content (AvgIpc) is 2.99. The highest BCUT2D eigenvalue weighted by atomic mass is 16.3. The molecule has 0 aliphatic rings. The van der Waals surface area contributed by atoms with Crippen LogP contribution in [0.25, 0.3) is 0 Å². The van der Waals surface area contributed by atoms with Gasteiger partial charge < -0.3 is 9.73 Å². The summed E-state index contributed by atoms with van der Waals surface area (Å²) in [6.45, 7) is 5.14. The van der Waals surface area contributed by atoms with Crippen LogP contribution < -0.4 is 5.32 Å². The van der Waals surface area contributed by atoms with E-state index in [2.05, 4.69) is 29.2 Å². The van der Waals surface area contributed by atoms with Crippen LogP contribution in [0, 0.1) is 0 Å². The van der Waals surface area contributed by atoms with E-state index in [0.717, 1.165) is 18.7 Å². The molecule has 0 saturated heterocycles. The van der Waals surface area contributed by atoms with Crippen LogP contribution in [0.4, 0.5) is 0 Å². The van der Waals surface area contributed by atoms with E-state index in [1.54, 1.807) is 18.9 Å². The van der Waals surface area contributed by atoms with Gasteiger partial charge in [0.15, 0.2) is 0 Å². The second-order valence-corrected chi connectivity index (χ2v) is 4.25. The molecule has 0 bridgehead atoms. The summed E-state index contributed by atoms with van der Waals surface area (Å²) in [5.74, 6) is 0.970. The molecular formula is C12H18N4O. The van der Waals surface area contributed by atoms with E-state index in [1.165, 1.54) is 0 Å². The first kappa shape index (κ1) is 11.9. The standard InChI is InChI=1S/C12H18N4O/c1-10(5-6-16-9-13-8-14-16)15-11(2)12-4-3-7-17-12/h3-4,7-11,15H,5-6H2,1-2H3/t10-,11-/m1/s1. The Balaban J connectivity index is 1.75. The van der Waals surface area contributed by atoms with Gasteiger partial charge in [0, 0.05) is 12.6 Å². The molecule has 0 spiro atoms. The van der Waals surface area contributed by atoms with Crippen molar-refractivity contribution in [3.05, 3.63) is 36.8 Å². The maximum Gasteiger partial charge on any atom is 0.137 e. The highest BCUT2D eigenvalue weighted by Gasteiger charge is 2.11. The van der Waals surface area contributed by atoms with Gasteiger partial charge in [0.2, 0.25) is 0 Å². The quantitative estimate of drug-likeness (QED) is 0.830. The molecule has 0 aliphatic carbocycles. The van der Waals surface area contributed by atoms with Crippen LogP contribution in [0.5, 0.6) is 0 Å². The summed E-state index contributed by atoms with van der Waals surface area (Å²) in [6, 6.07) is 4.53. The van der Waals surface area contributed by atoms with Gasteiger partial charge >= 0.3 is 0 Å². The number of aromatic nitrogens is 3. The zero-order valence-corrected chi connectivity index (χ0v) is 10.2. The molecule has 0 radical (unpaired) electrons.